The van der Waals surface area contributed by atoms with Gasteiger partial charge in [0.1, 0.15) is 23.7 Å². The molecule has 0 saturated heterocycles. The molecule has 0 saturated carbocycles. The number of furan rings is 1. The number of amides is 1. The van der Waals surface area contributed by atoms with Crippen molar-refractivity contribution in [1.82, 2.24) is 4.90 Å². The Bertz CT molecular complexity index is 419. The molecule has 0 fully saturated rings. The Balaban J connectivity index is 2.93. The molecule has 1 aromatic rings. The molecule has 106 valence electrons. The van der Waals surface area contributed by atoms with E-state index < -0.39 is 17.7 Å². The van der Waals surface area contributed by atoms with Crippen LogP contribution in [0.1, 0.15) is 39.5 Å². The van der Waals surface area contributed by atoms with Crippen molar-refractivity contribution < 1.29 is 18.7 Å². The molecule has 0 aliphatic heterocycles. The minimum Gasteiger partial charge on any atom is -0.467 e. The molecule has 0 radical (unpaired) electrons. The first-order valence-electron chi connectivity index (χ1n) is 6.20. The summed E-state index contributed by atoms with van der Waals surface area (Å²) in [5.74, 6) is 0.177. The average molecular weight is 267 g/mol. The molecule has 1 rings (SSSR count). The third-order valence-corrected chi connectivity index (χ3v) is 2.65. The fourth-order valence-corrected chi connectivity index (χ4v) is 1.78. The number of ether oxygens (including phenoxy) is 1. The lowest BCUT2D eigenvalue weighted by Crippen LogP contribution is -2.39. The van der Waals surface area contributed by atoms with Gasteiger partial charge >= 0.3 is 6.09 Å². The maximum atomic E-state index is 12.1. The van der Waals surface area contributed by atoms with Crippen LogP contribution in [-0.4, -0.2) is 29.9 Å². The van der Waals surface area contributed by atoms with Crippen molar-refractivity contribution in [2.45, 2.75) is 39.3 Å². The largest absolute Gasteiger partial charge is 0.467 e. The quantitative estimate of drug-likeness (QED) is 0.787. The van der Waals surface area contributed by atoms with Gasteiger partial charge in [-0.25, -0.2) is 4.79 Å². The van der Waals surface area contributed by atoms with Crippen LogP contribution in [0.2, 0.25) is 0 Å². The van der Waals surface area contributed by atoms with Gasteiger partial charge in [0.2, 0.25) is 0 Å². The molecule has 5 nitrogen and oxygen atoms in total. The molecule has 0 spiro atoms. The third kappa shape index (κ3) is 4.12. The monoisotopic (exact) mass is 267 g/mol. The van der Waals surface area contributed by atoms with Crippen LogP contribution in [0.5, 0.6) is 0 Å². The maximum Gasteiger partial charge on any atom is 0.410 e. The van der Waals surface area contributed by atoms with E-state index in [1.165, 1.54) is 11.2 Å². The molecule has 1 aromatic heterocycles. The molecule has 1 amide bonds. The number of hydrogen-bond donors (Lipinski definition) is 0. The SMILES string of the molecule is C[C@H](C=O)[C@@H](c1ccco1)N(C)C(=O)OC(C)(C)C. The van der Waals surface area contributed by atoms with Crippen LogP contribution in [0.15, 0.2) is 22.8 Å². The van der Waals surface area contributed by atoms with Crippen LogP contribution in [0.4, 0.5) is 4.79 Å². The Morgan fingerprint density at radius 2 is 2.11 bits per heavy atom. The molecular weight excluding hydrogens is 246 g/mol. The van der Waals surface area contributed by atoms with Crippen molar-refractivity contribution >= 4 is 12.4 Å². The lowest BCUT2D eigenvalue weighted by atomic mass is 10.0. The van der Waals surface area contributed by atoms with Gasteiger partial charge in [0, 0.05) is 13.0 Å². The van der Waals surface area contributed by atoms with Crippen molar-refractivity contribution in [1.29, 1.82) is 0 Å². The fourth-order valence-electron chi connectivity index (χ4n) is 1.78. The highest BCUT2D eigenvalue weighted by Gasteiger charge is 2.31. The maximum absolute atomic E-state index is 12.1. The minimum atomic E-state index is -0.580. The van der Waals surface area contributed by atoms with Crippen LogP contribution in [0, 0.1) is 5.92 Å². The van der Waals surface area contributed by atoms with Crippen LogP contribution < -0.4 is 0 Å². The van der Waals surface area contributed by atoms with Crippen LogP contribution in [0.25, 0.3) is 0 Å². The smallest absolute Gasteiger partial charge is 0.410 e. The molecule has 0 unspecified atom stereocenters. The summed E-state index contributed by atoms with van der Waals surface area (Å²) >= 11 is 0. The Morgan fingerprint density at radius 1 is 1.47 bits per heavy atom. The predicted octanol–water partition coefficient (Wildman–Crippen LogP) is 3.02. The molecule has 0 bridgehead atoms. The minimum absolute atomic E-state index is 0.385. The Kier molecular flexibility index (Phi) is 4.75. The number of carbonyl (C=O) groups is 2. The number of aldehydes is 1. The van der Waals surface area contributed by atoms with Gasteiger partial charge in [-0.15, -0.1) is 0 Å². The van der Waals surface area contributed by atoms with E-state index in [-0.39, 0.29) is 5.92 Å². The summed E-state index contributed by atoms with van der Waals surface area (Å²) in [4.78, 5) is 24.5. The second-order valence-electron chi connectivity index (χ2n) is 5.55. The Hall–Kier alpha value is -1.78. The van der Waals surface area contributed by atoms with Gasteiger partial charge in [0.25, 0.3) is 0 Å². The zero-order valence-corrected chi connectivity index (χ0v) is 12.0. The van der Waals surface area contributed by atoms with E-state index in [9.17, 15) is 9.59 Å². The van der Waals surface area contributed by atoms with Crippen molar-refractivity contribution in [3.05, 3.63) is 24.2 Å². The molecule has 19 heavy (non-hydrogen) atoms. The highest BCUT2D eigenvalue weighted by Crippen LogP contribution is 2.28. The summed E-state index contributed by atoms with van der Waals surface area (Å²) in [6.07, 6.45) is 1.83. The summed E-state index contributed by atoms with van der Waals surface area (Å²) in [7, 11) is 1.60. The van der Waals surface area contributed by atoms with E-state index in [2.05, 4.69) is 0 Å². The van der Waals surface area contributed by atoms with Crippen molar-refractivity contribution in [3.63, 3.8) is 0 Å². The van der Waals surface area contributed by atoms with E-state index >= 15 is 0 Å². The van der Waals surface area contributed by atoms with Gasteiger partial charge in [0.05, 0.1) is 6.26 Å². The Labute approximate surface area is 113 Å². The van der Waals surface area contributed by atoms with Gasteiger partial charge in [-0.1, -0.05) is 6.92 Å². The number of rotatable bonds is 4. The van der Waals surface area contributed by atoms with Gasteiger partial charge in [-0.2, -0.15) is 0 Å². The zero-order valence-electron chi connectivity index (χ0n) is 12.0. The summed E-state index contributed by atoms with van der Waals surface area (Å²) in [5.41, 5.74) is -0.580. The molecule has 0 N–H and O–H groups in total. The van der Waals surface area contributed by atoms with Gasteiger partial charge < -0.3 is 18.8 Å². The standard InChI is InChI=1S/C14H21NO4/c1-10(9-16)12(11-7-6-8-18-11)15(5)13(17)19-14(2,3)4/h6-10,12H,1-5H3/t10-,12+/m1/s1. The van der Waals surface area contributed by atoms with Gasteiger partial charge in [-0.3, -0.25) is 0 Å². The first kappa shape index (κ1) is 15.3. The summed E-state index contributed by atoms with van der Waals surface area (Å²) in [6.45, 7) is 7.12. The number of hydrogen-bond acceptors (Lipinski definition) is 4. The normalized spacial score (nSPS) is 14.6. The second kappa shape index (κ2) is 5.91. The molecular formula is C14H21NO4. The molecule has 0 aromatic carbocycles. The van der Waals surface area contributed by atoms with E-state index in [1.807, 2.05) is 0 Å². The molecule has 0 aliphatic carbocycles. The van der Waals surface area contributed by atoms with E-state index in [0.29, 0.717) is 5.76 Å². The number of nitrogens with zero attached hydrogens (tertiary/aromatic N) is 1. The van der Waals surface area contributed by atoms with Crippen LogP contribution >= 0.6 is 0 Å². The van der Waals surface area contributed by atoms with Gasteiger partial charge in [-0.05, 0) is 32.9 Å². The van der Waals surface area contributed by atoms with Crippen molar-refractivity contribution in [2.24, 2.45) is 5.92 Å². The zero-order chi connectivity index (χ0) is 14.6. The highest BCUT2D eigenvalue weighted by atomic mass is 16.6. The molecule has 2 atom stereocenters. The van der Waals surface area contributed by atoms with Crippen molar-refractivity contribution in [2.75, 3.05) is 7.05 Å². The summed E-state index contributed by atoms with van der Waals surface area (Å²) in [5, 5.41) is 0. The highest BCUT2D eigenvalue weighted by molar-refractivity contribution is 5.69. The number of carbonyl (C=O) groups excluding carboxylic acids is 2. The third-order valence-electron chi connectivity index (χ3n) is 2.65. The van der Waals surface area contributed by atoms with Crippen LogP contribution in [-0.2, 0) is 9.53 Å². The summed E-state index contributed by atoms with van der Waals surface area (Å²) < 4.78 is 10.6. The summed E-state index contributed by atoms with van der Waals surface area (Å²) in [6, 6.07) is 3.00. The van der Waals surface area contributed by atoms with Crippen molar-refractivity contribution in [3.8, 4) is 0 Å². The lowest BCUT2D eigenvalue weighted by Gasteiger charge is -2.31. The van der Waals surface area contributed by atoms with E-state index in [1.54, 1.807) is 46.9 Å². The molecule has 0 aliphatic rings. The van der Waals surface area contributed by atoms with Crippen LogP contribution in [0.3, 0.4) is 0 Å². The topological polar surface area (TPSA) is 59.8 Å². The predicted molar refractivity (Wildman–Crippen MR) is 70.7 cm³/mol. The second-order valence-corrected chi connectivity index (χ2v) is 5.55. The lowest BCUT2D eigenvalue weighted by molar-refractivity contribution is -0.112. The first-order valence-corrected chi connectivity index (χ1v) is 6.20. The fraction of sp³-hybridized carbons (Fsp3) is 0.571. The molecule has 5 heteroatoms. The van der Waals surface area contributed by atoms with E-state index in [0.717, 1.165) is 6.29 Å². The van der Waals surface area contributed by atoms with Gasteiger partial charge in [0.15, 0.2) is 0 Å². The molecule has 1 heterocycles. The Morgan fingerprint density at radius 3 is 2.53 bits per heavy atom. The van der Waals surface area contributed by atoms with E-state index in [4.69, 9.17) is 9.15 Å². The first-order chi connectivity index (χ1) is 8.76. The average Bonchev–Trinajstić information content (AvgIpc) is 2.80.